The monoisotopic (exact) mass is 250 g/mol. The first-order valence-electron chi connectivity index (χ1n) is 7.65. The molecule has 0 aromatic carbocycles. The SMILES string of the molecule is CCCCCCC=CCCCCC=CCCC=O. The van der Waals surface area contributed by atoms with E-state index in [-0.39, 0.29) is 0 Å². The zero-order valence-electron chi connectivity index (χ0n) is 12.1. The van der Waals surface area contributed by atoms with Gasteiger partial charge in [0.1, 0.15) is 6.29 Å². The normalized spacial score (nSPS) is 11.6. The summed E-state index contributed by atoms with van der Waals surface area (Å²) in [6.45, 7) is 2.25. The van der Waals surface area contributed by atoms with E-state index in [9.17, 15) is 4.79 Å². The van der Waals surface area contributed by atoms with Crippen LogP contribution in [0, 0.1) is 0 Å². The van der Waals surface area contributed by atoms with Crippen LogP contribution >= 0.6 is 0 Å². The Balaban J connectivity index is 3.12. The molecule has 0 rings (SSSR count). The molecule has 104 valence electrons. The van der Waals surface area contributed by atoms with Crippen LogP contribution < -0.4 is 0 Å². The van der Waals surface area contributed by atoms with E-state index in [1.807, 2.05) is 0 Å². The fraction of sp³-hybridized carbons (Fsp3) is 0.706. The molecule has 0 aliphatic rings. The molecule has 0 spiro atoms. The molecule has 0 amide bonds. The third-order valence-corrected chi connectivity index (χ3v) is 3.00. The van der Waals surface area contributed by atoms with Crippen LogP contribution in [0.4, 0.5) is 0 Å². The van der Waals surface area contributed by atoms with Gasteiger partial charge in [0, 0.05) is 6.42 Å². The summed E-state index contributed by atoms with van der Waals surface area (Å²) in [5, 5.41) is 0. The van der Waals surface area contributed by atoms with Gasteiger partial charge in [-0.05, 0) is 44.9 Å². The largest absolute Gasteiger partial charge is 0.303 e. The van der Waals surface area contributed by atoms with E-state index in [1.165, 1.54) is 51.4 Å². The highest BCUT2D eigenvalue weighted by Crippen LogP contribution is 2.06. The molecule has 0 heterocycles. The topological polar surface area (TPSA) is 17.1 Å². The van der Waals surface area contributed by atoms with E-state index >= 15 is 0 Å². The molecule has 0 bridgehead atoms. The number of carbonyl (C=O) groups is 1. The summed E-state index contributed by atoms with van der Waals surface area (Å²) in [5.74, 6) is 0. The maximum atomic E-state index is 10.1. The Bertz CT molecular complexity index is 216. The first-order chi connectivity index (χ1) is 8.91. The predicted molar refractivity (Wildman–Crippen MR) is 80.8 cm³/mol. The molecule has 0 fully saturated rings. The van der Waals surface area contributed by atoms with Crippen molar-refractivity contribution >= 4 is 6.29 Å². The molecule has 0 saturated heterocycles. The average Bonchev–Trinajstić information content (AvgIpc) is 2.39. The molecule has 0 aromatic heterocycles. The van der Waals surface area contributed by atoms with E-state index < -0.39 is 0 Å². The maximum Gasteiger partial charge on any atom is 0.120 e. The van der Waals surface area contributed by atoms with E-state index in [4.69, 9.17) is 0 Å². The molecule has 0 atom stereocenters. The average molecular weight is 250 g/mol. The van der Waals surface area contributed by atoms with Crippen LogP contribution in [0.15, 0.2) is 24.3 Å². The summed E-state index contributed by atoms with van der Waals surface area (Å²) < 4.78 is 0. The number of rotatable bonds is 13. The highest BCUT2D eigenvalue weighted by Gasteiger charge is 1.86. The zero-order valence-corrected chi connectivity index (χ0v) is 12.1. The quantitative estimate of drug-likeness (QED) is 0.236. The van der Waals surface area contributed by atoms with Gasteiger partial charge in [0.15, 0.2) is 0 Å². The fourth-order valence-electron chi connectivity index (χ4n) is 1.85. The summed E-state index contributed by atoms with van der Waals surface area (Å²) in [4.78, 5) is 10.1. The van der Waals surface area contributed by atoms with Gasteiger partial charge in [-0.2, -0.15) is 0 Å². The Labute approximate surface area is 113 Å². The van der Waals surface area contributed by atoms with Gasteiger partial charge < -0.3 is 4.79 Å². The van der Waals surface area contributed by atoms with Crippen molar-refractivity contribution in [2.75, 3.05) is 0 Å². The molecular weight excluding hydrogens is 220 g/mol. The van der Waals surface area contributed by atoms with Crippen molar-refractivity contribution in [1.82, 2.24) is 0 Å². The molecule has 0 saturated carbocycles. The van der Waals surface area contributed by atoms with Crippen LogP contribution in [-0.2, 0) is 4.79 Å². The molecular formula is C17H30O. The molecule has 1 heteroatoms. The van der Waals surface area contributed by atoms with Gasteiger partial charge in [0.2, 0.25) is 0 Å². The highest BCUT2D eigenvalue weighted by molar-refractivity contribution is 5.49. The van der Waals surface area contributed by atoms with Gasteiger partial charge in [0.05, 0.1) is 0 Å². The molecule has 0 N–H and O–H groups in total. The Hall–Kier alpha value is -0.850. The standard InChI is InChI=1S/C17H30O/c1-2-3-4-5-6-7-8-9-10-11-12-13-14-15-16-17-18/h7-8,13-14,17H,2-6,9-12,15-16H2,1H3. The van der Waals surface area contributed by atoms with E-state index in [0.717, 1.165) is 19.1 Å². The summed E-state index contributed by atoms with van der Waals surface area (Å²) in [5.41, 5.74) is 0. The van der Waals surface area contributed by atoms with Crippen LogP contribution in [0.2, 0.25) is 0 Å². The van der Waals surface area contributed by atoms with Gasteiger partial charge in [0.25, 0.3) is 0 Å². The molecule has 18 heavy (non-hydrogen) atoms. The van der Waals surface area contributed by atoms with Crippen molar-refractivity contribution in [2.45, 2.75) is 77.6 Å². The third kappa shape index (κ3) is 15.1. The van der Waals surface area contributed by atoms with Gasteiger partial charge in [-0.15, -0.1) is 0 Å². The van der Waals surface area contributed by atoms with Crippen molar-refractivity contribution in [3.05, 3.63) is 24.3 Å². The number of unbranched alkanes of at least 4 members (excludes halogenated alkanes) is 8. The maximum absolute atomic E-state index is 10.1. The lowest BCUT2D eigenvalue weighted by Gasteiger charge is -1.95. The second-order valence-corrected chi connectivity index (χ2v) is 4.82. The molecule has 0 unspecified atom stereocenters. The van der Waals surface area contributed by atoms with Crippen molar-refractivity contribution in [3.63, 3.8) is 0 Å². The van der Waals surface area contributed by atoms with E-state index in [0.29, 0.717) is 6.42 Å². The van der Waals surface area contributed by atoms with Gasteiger partial charge in [-0.1, -0.05) is 50.5 Å². The predicted octanol–water partition coefficient (Wildman–Crippen LogP) is 5.61. The molecule has 0 aliphatic heterocycles. The second kappa shape index (κ2) is 16.1. The Kier molecular flexibility index (Phi) is 15.4. The number of hydrogen-bond donors (Lipinski definition) is 0. The smallest absolute Gasteiger partial charge is 0.120 e. The van der Waals surface area contributed by atoms with Crippen molar-refractivity contribution < 1.29 is 4.79 Å². The summed E-state index contributed by atoms with van der Waals surface area (Å²) in [7, 11) is 0. The number of hydrogen-bond acceptors (Lipinski definition) is 1. The molecule has 0 aliphatic carbocycles. The second-order valence-electron chi connectivity index (χ2n) is 4.82. The number of allylic oxidation sites excluding steroid dienone is 4. The van der Waals surface area contributed by atoms with Crippen molar-refractivity contribution in [3.8, 4) is 0 Å². The zero-order chi connectivity index (χ0) is 13.3. The number of carbonyl (C=O) groups excluding carboxylic acids is 1. The molecule has 1 nitrogen and oxygen atoms in total. The lowest BCUT2D eigenvalue weighted by molar-refractivity contribution is -0.107. The van der Waals surface area contributed by atoms with Gasteiger partial charge in [-0.3, -0.25) is 0 Å². The lowest BCUT2D eigenvalue weighted by Crippen LogP contribution is -1.76. The molecule has 0 aromatic rings. The Morgan fingerprint density at radius 3 is 1.61 bits per heavy atom. The minimum atomic E-state index is 0.664. The van der Waals surface area contributed by atoms with Gasteiger partial charge in [-0.25, -0.2) is 0 Å². The third-order valence-electron chi connectivity index (χ3n) is 3.00. The fourth-order valence-corrected chi connectivity index (χ4v) is 1.85. The summed E-state index contributed by atoms with van der Waals surface area (Å²) >= 11 is 0. The summed E-state index contributed by atoms with van der Waals surface area (Å²) in [6.07, 6.45) is 23.2. The van der Waals surface area contributed by atoms with Crippen LogP contribution in [0.3, 0.4) is 0 Å². The van der Waals surface area contributed by atoms with Crippen LogP contribution in [0.5, 0.6) is 0 Å². The Morgan fingerprint density at radius 1 is 0.611 bits per heavy atom. The van der Waals surface area contributed by atoms with E-state index in [1.54, 1.807) is 0 Å². The first-order valence-corrected chi connectivity index (χ1v) is 7.65. The van der Waals surface area contributed by atoms with Crippen molar-refractivity contribution in [1.29, 1.82) is 0 Å². The highest BCUT2D eigenvalue weighted by atomic mass is 16.1. The summed E-state index contributed by atoms with van der Waals surface area (Å²) in [6, 6.07) is 0. The minimum Gasteiger partial charge on any atom is -0.303 e. The van der Waals surface area contributed by atoms with Crippen molar-refractivity contribution in [2.24, 2.45) is 0 Å². The van der Waals surface area contributed by atoms with Gasteiger partial charge >= 0.3 is 0 Å². The number of aldehydes is 1. The Morgan fingerprint density at radius 2 is 1.11 bits per heavy atom. The minimum absolute atomic E-state index is 0.664. The lowest BCUT2D eigenvalue weighted by atomic mass is 10.1. The first kappa shape index (κ1) is 17.2. The van der Waals surface area contributed by atoms with Crippen LogP contribution in [-0.4, -0.2) is 6.29 Å². The van der Waals surface area contributed by atoms with Crippen LogP contribution in [0.1, 0.15) is 77.6 Å². The van der Waals surface area contributed by atoms with Crippen LogP contribution in [0.25, 0.3) is 0 Å². The van der Waals surface area contributed by atoms with E-state index in [2.05, 4.69) is 31.2 Å². The molecule has 0 radical (unpaired) electrons.